The van der Waals surface area contributed by atoms with Gasteiger partial charge in [-0.15, -0.1) is 0 Å². The van der Waals surface area contributed by atoms with E-state index in [4.69, 9.17) is 16.3 Å². The van der Waals surface area contributed by atoms with E-state index < -0.39 is 10.0 Å². The highest BCUT2D eigenvalue weighted by molar-refractivity contribution is 7.89. The van der Waals surface area contributed by atoms with Crippen molar-refractivity contribution in [1.82, 2.24) is 14.2 Å². The molecule has 166 valence electrons. The number of halogens is 1. The van der Waals surface area contributed by atoms with Crippen LogP contribution in [0.1, 0.15) is 31.0 Å². The van der Waals surface area contributed by atoms with E-state index in [-0.39, 0.29) is 35.4 Å². The molecule has 1 amide bonds. The second-order valence-corrected chi connectivity index (χ2v) is 10.1. The third-order valence-corrected chi connectivity index (χ3v) is 7.08. The van der Waals surface area contributed by atoms with Crippen molar-refractivity contribution in [3.63, 3.8) is 0 Å². The normalized spacial score (nSPS) is 16.8. The fraction of sp³-hybridized carbons (Fsp3) is 0.429. The smallest absolute Gasteiger partial charge is 0.254 e. The summed E-state index contributed by atoms with van der Waals surface area (Å²) >= 11 is 5.83. The van der Waals surface area contributed by atoms with E-state index >= 15 is 0 Å². The number of pyridine rings is 1. The molecule has 10 heteroatoms. The molecule has 0 unspecified atom stereocenters. The van der Waals surface area contributed by atoms with Gasteiger partial charge in [0.05, 0.1) is 18.0 Å². The minimum Gasteiger partial charge on any atom is -0.486 e. The highest BCUT2D eigenvalue weighted by atomic mass is 35.5. The number of likely N-dealkylation sites (tertiary alicyclic amines) is 1. The molecule has 2 aromatic rings. The molecule has 0 atom stereocenters. The summed E-state index contributed by atoms with van der Waals surface area (Å²) in [7, 11) is -3.72. The quantitative estimate of drug-likeness (QED) is 0.643. The van der Waals surface area contributed by atoms with Crippen molar-refractivity contribution in [2.24, 2.45) is 0 Å². The Labute approximate surface area is 185 Å². The molecule has 1 saturated carbocycles. The third-order valence-electron chi connectivity index (χ3n) is 5.39. The van der Waals surface area contributed by atoms with Gasteiger partial charge < -0.3 is 14.2 Å². The van der Waals surface area contributed by atoms with Crippen LogP contribution in [0.5, 0.6) is 5.75 Å². The fourth-order valence-corrected chi connectivity index (χ4v) is 4.96. The van der Waals surface area contributed by atoms with Crippen LogP contribution in [0.15, 0.2) is 46.1 Å². The summed E-state index contributed by atoms with van der Waals surface area (Å²) in [6.45, 7) is 2.71. The maximum absolute atomic E-state index is 12.3. The van der Waals surface area contributed by atoms with Gasteiger partial charge in [-0.05, 0) is 44.0 Å². The van der Waals surface area contributed by atoms with Gasteiger partial charge in [0, 0.05) is 35.8 Å². The lowest BCUT2D eigenvalue weighted by molar-refractivity contribution is -0.139. The SMILES string of the molecule is Cc1cc(OC2CN(C(=O)CCNS(=O)(=O)c3cccc(Cl)c3)C2)cc(=O)n1C1CC1. The van der Waals surface area contributed by atoms with E-state index in [0.717, 1.165) is 18.5 Å². The maximum atomic E-state index is 12.3. The van der Waals surface area contributed by atoms with Crippen LogP contribution in [0.3, 0.4) is 0 Å². The number of amides is 1. The van der Waals surface area contributed by atoms with Crippen molar-refractivity contribution < 1.29 is 17.9 Å². The zero-order valence-corrected chi connectivity index (χ0v) is 18.7. The third kappa shape index (κ3) is 5.11. The van der Waals surface area contributed by atoms with Crippen molar-refractivity contribution in [3.05, 3.63) is 57.5 Å². The van der Waals surface area contributed by atoms with Gasteiger partial charge in [0.1, 0.15) is 11.9 Å². The molecular weight excluding hydrogens is 442 g/mol. The summed E-state index contributed by atoms with van der Waals surface area (Å²) in [5.41, 5.74) is 0.820. The molecule has 31 heavy (non-hydrogen) atoms. The molecule has 1 aliphatic carbocycles. The lowest BCUT2D eigenvalue weighted by Gasteiger charge is -2.39. The molecule has 0 spiro atoms. The van der Waals surface area contributed by atoms with Crippen molar-refractivity contribution in [1.29, 1.82) is 0 Å². The predicted octanol–water partition coefficient (Wildman–Crippen LogP) is 2.10. The highest BCUT2D eigenvalue weighted by Gasteiger charge is 2.32. The Bertz CT molecular complexity index is 1150. The molecule has 2 aliphatic rings. The number of carbonyl (C=O) groups is 1. The Morgan fingerprint density at radius 3 is 2.61 bits per heavy atom. The van der Waals surface area contributed by atoms with Gasteiger partial charge in [0.15, 0.2) is 0 Å². The zero-order valence-electron chi connectivity index (χ0n) is 17.1. The number of ether oxygens (including phenoxy) is 1. The van der Waals surface area contributed by atoms with E-state index in [1.54, 1.807) is 21.6 Å². The van der Waals surface area contributed by atoms with Crippen LogP contribution in [0.4, 0.5) is 0 Å². The number of aromatic nitrogens is 1. The first-order valence-electron chi connectivity index (χ1n) is 10.2. The van der Waals surface area contributed by atoms with Crippen LogP contribution in [-0.2, 0) is 14.8 Å². The standard InChI is InChI=1S/C21H24ClN3O5S/c1-14-9-17(11-21(27)25(14)16-5-6-16)30-18-12-24(13-18)20(26)7-8-23-31(28,29)19-4-2-3-15(22)10-19/h2-4,9-11,16,18,23H,5-8,12-13H2,1H3. The lowest BCUT2D eigenvalue weighted by atomic mass is 10.1. The number of hydrogen-bond acceptors (Lipinski definition) is 5. The van der Waals surface area contributed by atoms with E-state index in [9.17, 15) is 18.0 Å². The minimum absolute atomic E-state index is 0.00566. The number of hydrogen-bond donors (Lipinski definition) is 1. The van der Waals surface area contributed by atoms with Crippen LogP contribution >= 0.6 is 11.6 Å². The van der Waals surface area contributed by atoms with Gasteiger partial charge in [0.2, 0.25) is 15.9 Å². The van der Waals surface area contributed by atoms with Crippen LogP contribution in [0, 0.1) is 6.92 Å². The second-order valence-electron chi connectivity index (χ2n) is 7.92. The summed E-state index contributed by atoms with van der Waals surface area (Å²) in [4.78, 5) is 26.2. The van der Waals surface area contributed by atoms with Gasteiger partial charge in [-0.2, -0.15) is 0 Å². The summed E-state index contributed by atoms with van der Waals surface area (Å²) in [5, 5.41) is 0.325. The first-order valence-corrected chi connectivity index (χ1v) is 12.0. The van der Waals surface area contributed by atoms with Crippen LogP contribution < -0.4 is 15.0 Å². The molecule has 1 N–H and O–H groups in total. The molecule has 2 fully saturated rings. The molecule has 1 aromatic carbocycles. The average Bonchev–Trinajstić information content (AvgIpc) is 3.48. The van der Waals surface area contributed by atoms with Crippen molar-refractivity contribution in [2.45, 2.75) is 43.2 Å². The van der Waals surface area contributed by atoms with Gasteiger partial charge in [-0.3, -0.25) is 9.59 Å². The van der Waals surface area contributed by atoms with Crippen molar-refractivity contribution >= 4 is 27.5 Å². The van der Waals surface area contributed by atoms with Gasteiger partial charge in [0.25, 0.3) is 5.56 Å². The van der Waals surface area contributed by atoms with E-state index in [2.05, 4.69) is 4.72 Å². The molecule has 8 nitrogen and oxygen atoms in total. The number of rotatable bonds is 8. The molecule has 1 aliphatic heterocycles. The lowest BCUT2D eigenvalue weighted by Crippen LogP contribution is -2.56. The Morgan fingerprint density at radius 2 is 1.97 bits per heavy atom. The number of benzene rings is 1. The maximum Gasteiger partial charge on any atom is 0.254 e. The van der Waals surface area contributed by atoms with Crippen LogP contribution in [-0.4, -0.2) is 49.5 Å². The van der Waals surface area contributed by atoms with Gasteiger partial charge >= 0.3 is 0 Å². The number of aryl methyl sites for hydroxylation is 1. The monoisotopic (exact) mass is 465 g/mol. The average molecular weight is 466 g/mol. The minimum atomic E-state index is -3.72. The summed E-state index contributed by atoms with van der Waals surface area (Å²) in [6, 6.07) is 9.61. The summed E-state index contributed by atoms with van der Waals surface area (Å²) in [6.07, 6.45) is 1.94. The fourth-order valence-electron chi connectivity index (χ4n) is 3.63. The largest absolute Gasteiger partial charge is 0.486 e. The topological polar surface area (TPSA) is 97.7 Å². The Morgan fingerprint density at radius 1 is 1.23 bits per heavy atom. The van der Waals surface area contributed by atoms with Gasteiger partial charge in [-0.25, -0.2) is 13.1 Å². The molecule has 1 saturated heterocycles. The van der Waals surface area contributed by atoms with E-state index in [0.29, 0.717) is 29.9 Å². The Kier molecular flexibility index (Phi) is 6.09. The Hall–Kier alpha value is -2.36. The first-order chi connectivity index (χ1) is 14.7. The van der Waals surface area contributed by atoms with Crippen molar-refractivity contribution in [3.8, 4) is 5.75 Å². The predicted molar refractivity (Wildman–Crippen MR) is 116 cm³/mol. The summed E-state index contributed by atoms with van der Waals surface area (Å²) < 4.78 is 34.6. The van der Waals surface area contributed by atoms with Crippen molar-refractivity contribution in [2.75, 3.05) is 19.6 Å². The van der Waals surface area contributed by atoms with E-state index in [1.807, 2.05) is 13.0 Å². The molecule has 2 heterocycles. The van der Waals surface area contributed by atoms with E-state index in [1.165, 1.54) is 18.2 Å². The number of nitrogens with zero attached hydrogens (tertiary/aromatic N) is 2. The molecule has 0 radical (unpaired) electrons. The number of nitrogens with one attached hydrogen (secondary N) is 1. The Balaban J connectivity index is 1.23. The van der Waals surface area contributed by atoms with Gasteiger partial charge in [-0.1, -0.05) is 17.7 Å². The molecule has 0 bridgehead atoms. The molecule has 1 aromatic heterocycles. The second kappa shape index (κ2) is 8.64. The van der Waals surface area contributed by atoms with Crippen LogP contribution in [0.25, 0.3) is 0 Å². The zero-order chi connectivity index (χ0) is 22.2. The molecular formula is C21H24ClN3O5S. The van der Waals surface area contributed by atoms with Crippen LogP contribution in [0.2, 0.25) is 5.02 Å². The number of sulfonamides is 1. The highest BCUT2D eigenvalue weighted by Crippen LogP contribution is 2.35. The first kappa shape index (κ1) is 21.9. The summed E-state index contributed by atoms with van der Waals surface area (Å²) in [5.74, 6) is 0.361. The molecule has 4 rings (SSSR count). The number of carbonyl (C=O) groups excluding carboxylic acids is 1.